The summed E-state index contributed by atoms with van der Waals surface area (Å²) in [7, 11) is 0. The molecule has 0 fully saturated rings. The van der Waals surface area contributed by atoms with Crippen molar-refractivity contribution in [3.8, 4) is 5.75 Å². The van der Waals surface area contributed by atoms with E-state index in [0.717, 1.165) is 6.07 Å². The first-order valence-electron chi connectivity index (χ1n) is 10.9. The number of carbonyl (C=O) groups excluding carboxylic acids is 1. The van der Waals surface area contributed by atoms with Gasteiger partial charge in [-0.2, -0.15) is 0 Å². The average molecular weight is 563 g/mol. The lowest BCUT2D eigenvalue weighted by Gasteiger charge is -2.22. The van der Waals surface area contributed by atoms with E-state index in [2.05, 4.69) is 15.3 Å². The summed E-state index contributed by atoms with van der Waals surface area (Å²) in [5, 5.41) is 13.1. The zero-order valence-corrected chi connectivity index (χ0v) is 21.2. The van der Waals surface area contributed by atoms with E-state index in [-0.39, 0.29) is 17.7 Å². The molecule has 1 amide bonds. The Morgan fingerprint density at radius 3 is 2.38 bits per heavy atom. The smallest absolute Gasteiger partial charge is 0.326 e. The monoisotopic (exact) mass is 561 g/mol. The molecule has 0 spiro atoms. The van der Waals surface area contributed by atoms with E-state index in [1.54, 1.807) is 42.5 Å². The van der Waals surface area contributed by atoms with Gasteiger partial charge in [0, 0.05) is 44.5 Å². The van der Waals surface area contributed by atoms with Gasteiger partial charge in [-0.25, -0.2) is 14.2 Å². The van der Waals surface area contributed by atoms with Crippen LogP contribution in [0.25, 0.3) is 0 Å². The van der Waals surface area contributed by atoms with Crippen molar-refractivity contribution in [2.24, 2.45) is 0 Å². The number of benzene rings is 3. The van der Waals surface area contributed by atoms with Crippen molar-refractivity contribution in [3.05, 3.63) is 116 Å². The largest absolute Gasteiger partial charge is 0.480 e. The Balaban J connectivity index is 1.57. The van der Waals surface area contributed by atoms with Crippen molar-refractivity contribution in [1.29, 1.82) is 0 Å². The third-order valence-electron chi connectivity index (χ3n) is 5.44. The second-order valence-electron chi connectivity index (χ2n) is 8.01. The number of carboxylic acids is 1. The molecule has 0 saturated carbocycles. The first kappa shape index (κ1) is 26.5. The summed E-state index contributed by atoms with van der Waals surface area (Å²) in [6.45, 7) is 0. The highest BCUT2D eigenvalue weighted by molar-refractivity contribution is 6.35. The summed E-state index contributed by atoms with van der Waals surface area (Å²) in [5.74, 6) is -2.96. The Morgan fingerprint density at radius 1 is 1.03 bits per heavy atom. The predicted molar refractivity (Wildman–Crippen MR) is 138 cm³/mol. The zero-order chi connectivity index (χ0) is 26.5. The second-order valence-corrected chi connectivity index (χ2v) is 9.29. The molecular weight excluding hydrogens is 544 g/mol. The summed E-state index contributed by atoms with van der Waals surface area (Å²) < 4.78 is 21.1. The van der Waals surface area contributed by atoms with Crippen LogP contribution >= 0.6 is 34.8 Å². The number of halogens is 4. The summed E-state index contributed by atoms with van der Waals surface area (Å²) in [6, 6.07) is 14.0. The maximum Gasteiger partial charge on any atom is 0.326 e. The number of nitrogens with one attached hydrogen (secondary N) is 2. The van der Waals surface area contributed by atoms with E-state index in [1.165, 1.54) is 24.7 Å². The number of amides is 1. The number of aliphatic carboxylic acids is 1. The molecule has 1 aromatic heterocycles. The van der Waals surface area contributed by atoms with Gasteiger partial charge in [0.1, 0.15) is 6.04 Å². The Morgan fingerprint density at radius 2 is 1.76 bits per heavy atom. The Bertz CT molecular complexity index is 1420. The van der Waals surface area contributed by atoms with Gasteiger partial charge >= 0.3 is 5.97 Å². The van der Waals surface area contributed by atoms with Crippen LogP contribution in [0.2, 0.25) is 15.1 Å². The van der Waals surface area contributed by atoms with Crippen LogP contribution in [0, 0.1) is 5.82 Å². The van der Waals surface area contributed by atoms with Gasteiger partial charge in [0.05, 0.1) is 6.33 Å². The second kappa shape index (κ2) is 11.6. The van der Waals surface area contributed by atoms with Gasteiger partial charge in [-0.1, -0.05) is 53.0 Å². The third-order valence-corrected chi connectivity index (χ3v) is 6.25. The van der Waals surface area contributed by atoms with Crippen LogP contribution in [0.3, 0.4) is 0 Å². The van der Waals surface area contributed by atoms with Crippen LogP contribution in [-0.2, 0) is 11.2 Å². The summed E-state index contributed by atoms with van der Waals surface area (Å²) >= 11 is 18.5. The summed E-state index contributed by atoms with van der Waals surface area (Å²) in [6.07, 6.45) is 2.02. The van der Waals surface area contributed by atoms with Crippen LogP contribution in [0.15, 0.2) is 73.2 Å². The zero-order valence-electron chi connectivity index (χ0n) is 18.9. The molecule has 0 aliphatic rings. The van der Waals surface area contributed by atoms with E-state index >= 15 is 4.39 Å². The Kier molecular flexibility index (Phi) is 8.33. The molecule has 3 N–H and O–H groups in total. The fraction of sp³-hybridized carbons (Fsp3) is 0.115. The van der Waals surface area contributed by atoms with Gasteiger partial charge < -0.3 is 20.1 Å². The number of nitrogens with zero attached hydrogens (tertiary/aromatic N) is 1. The van der Waals surface area contributed by atoms with Crippen LogP contribution in [0.5, 0.6) is 5.75 Å². The predicted octanol–water partition coefficient (Wildman–Crippen LogP) is 6.10. The van der Waals surface area contributed by atoms with Crippen LogP contribution in [0.4, 0.5) is 4.39 Å². The molecule has 2 unspecified atom stereocenters. The fourth-order valence-electron chi connectivity index (χ4n) is 3.59. The van der Waals surface area contributed by atoms with Crippen LogP contribution in [-0.4, -0.2) is 33.0 Å². The van der Waals surface area contributed by atoms with Crippen molar-refractivity contribution in [1.82, 2.24) is 15.3 Å². The highest BCUT2D eigenvalue weighted by atomic mass is 35.5. The number of hydrogen-bond acceptors (Lipinski definition) is 4. The van der Waals surface area contributed by atoms with Crippen molar-refractivity contribution < 1.29 is 23.8 Å². The third kappa shape index (κ3) is 6.60. The van der Waals surface area contributed by atoms with Gasteiger partial charge in [-0.05, 0) is 48.0 Å². The number of H-pyrrole nitrogens is 1. The molecule has 0 aliphatic heterocycles. The minimum absolute atomic E-state index is 0.0185. The SMILES string of the molecule is O=C(NC(Cc1cnc[nH]1)C(=O)O)c1ccc(OC(c2ccc(Cl)cc2)c2ccc(Cl)cc2Cl)c(F)c1. The normalized spacial score (nSPS) is 12.5. The van der Waals surface area contributed by atoms with E-state index in [1.807, 2.05) is 0 Å². The summed E-state index contributed by atoms with van der Waals surface area (Å²) in [4.78, 5) is 30.9. The standard InChI is InChI=1S/C26H19Cl3FN3O4/c27-16-4-1-14(2-5-16)24(19-7-6-17(28)10-20(19)29)37-23-8-3-15(9-21(23)30)25(34)33-22(26(35)36)11-18-12-31-13-32-18/h1-10,12-13,22,24H,11H2,(H,31,32)(H,33,34)(H,35,36). The van der Waals surface area contributed by atoms with E-state index in [9.17, 15) is 14.7 Å². The highest BCUT2D eigenvalue weighted by Gasteiger charge is 2.24. The van der Waals surface area contributed by atoms with Crippen molar-refractivity contribution in [2.45, 2.75) is 18.6 Å². The molecule has 0 saturated heterocycles. The topological polar surface area (TPSA) is 104 Å². The van der Waals surface area contributed by atoms with Gasteiger partial charge in [0.25, 0.3) is 5.91 Å². The molecule has 3 aromatic carbocycles. The molecule has 2 atom stereocenters. The molecule has 37 heavy (non-hydrogen) atoms. The molecule has 4 rings (SSSR count). The number of aromatic amines is 1. The average Bonchev–Trinajstić information content (AvgIpc) is 3.37. The molecule has 11 heteroatoms. The molecule has 7 nitrogen and oxygen atoms in total. The number of imidazole rings is 1. The van der Waals surface area contributed by atoms with Gasteiger partial charge in [-0.3, -0.25) is 4.79 Å². The number of hydrogen-bond donors (Lipinski definition) is 3. The molecule has 0 bridgehead atoms. The maximum atomic E-state index is 15.1. The Labute approximate surface area is 226 Å². The van der Waals surface area contributed by atoms with Crippen LogP contribution < -0.4 is 10.1 Å². The number of ether oxygens (including phenoxy) is 1. The number of carboxylic acid groups (broad SMARTS) is 1. The quantitative estimate of drug-likeness (QED) is 0.229. The van der Waals surface area contributed by atoms with Gasteiger partial charge in [0.2, 0.25) is 0 Å². The summed E-state index contributed by atoms with van der Waals surface area (Å²) in [5.41, 5.74) is 1.64. The lowest BCUT2D eigenvalue weighted by molar-refractivity contribution is -0.139. The van der Waals surface area contributed by atoms with Crippen molar-refractivity contribution in [2.75, 3.05) is 0 Å². The lowest BCUT2D eigenvalue weighted by Crippen LogP contribution is -2.42. The first-order valence-corrected chi connectivity index (χ1v) is 12.0. The van der Waals surface area contributed by atoms with E-state index in [4.69, 9.17) is 39.5 Å². The maximum absolute atomic E-state index is 15.1. The highest BCUT2D eigenvalue weighted by Crippen LogP contribution is 2.35. The van der Waals surface area contributed by atoms with Crippen molar-refractivity contribution >= 4 is 46.7 Å². The molecule has 4 aromatic rings. The minimum Gasteiger partial charge on any atom is -0.480 e. The number of aromatic nitrogens is 2. The van der Waals surface area contributed by atoms with Gasteiger partial charge in [-0.15, -0.1) is 0 Å². The van der Waals surface area contributed by atoms with E-state index in [0.29, 0.717) is 31.9 Å². The van der Waals surface area contributed by atoms with Gasteiger partial charge in [0.15, 0.2) is 17.7 Å². The van der Waals surface area contributed by atoms with Crippen molar-refractivity contribution in [3.63, 3.8) is 0 Å². The first-order chi connectivity index (χ1) is 17.7. The van der Waals surface area contributed by atoms with E-state index < -0.39 is 29.8 Å². The fourth-order valence-corrected chi connectivity index (χ4v) is 4.22. The molecule has 0 radical (unpaired) electrons. The minimum atomic E-state index is -1.24. The molecular formula is C26H19Cl3FN3O4. The number of rotatable bonds is 9. The molecule has 1 heterocycles. The molecule has 0 aliphatic carbocycles. The Hall–Kier alpha value is -3.59. The lowest BCUT2D eigenvalue weighted by atomic mass is 10.0. The molecule has 190 valence electrons. The van der Waals surface area contributed by atoms with Crippen LogP contribution in [0.1, 0.15) is 33.3 Å². The number of carbonyl (C=O) groups is 2.